The highest BCUT2D eigenvalue weighted by Gasteiger charge is 2.30. The van der Waals surface area contributed by atoms with Crippen LogP contribution in [0.5, 0.6) is 0 Å². The fourth-order valence-corrected chi connectivity index (χ4v) is 5.39. The highest BCUT2D eigenvalue weighted by atomic mass is 19.4. The summed E-state index contributed by atoms with van der Waals surface area (Å²) in [5, 5.41) is 0. The summed E-state index contributed by atoms with van der Waals surface area (Å²) >= 11 is 0. The molecule has 2 fully saturated rings. The van der Waals surface area contributed by atoms with Gasteiger partial charge < -0.3 is 0 Å². The third-order valence-corrected chi connectivity index (χ3v) is 7.11. The molecular formula is C24H35F3. The van der Waals surface area contributed by atoms with Crippen molar-refractivity contribution in [3.8, 4) is 0 Å². The first-order valence-electron chi connectivity index (χ1n) is 11.1. The molecular weight excluding hydrogens is 345 g/mol. The molecule has 1 aromatic rings. The third-order valence-electron chi connectivity index (χ3n) is 7.11. The van der Waals surface area contributed by atoms with Gasteiger partial charge in [0, 0.05) is 6.42 Å². The van der Waals surface area contributed by atoms with Crippen LogP contribution in [0.1, 0.15) is 107 Å². The summed E-state index contributed by atoms with van der Waals surface area (Å²) in [5.41, 5.74) is 2.89. The van der Waals surface area contributed by atoms with E-state index < -0.39 is 12.6 Å². The van der Waals surface area contributed by atoms with E-state index in [2.05, 4.69) is 31.2 Å². The molecule has 3 rings (SSSR count). The molecule has 1 aromatic carbocycles. The molecule has 0 radical (unpaired) electrons. The largest absolute Gasteiger partial charge is 0.389 e. The van der Waals surface area contributed by atoms with Crippen LogP contribution in [0.4, 0.5) is 13.2 Å². The molecule has 0 aliphatic heterocycles. The van der Waals surface area contributed by atoms with E-state index in [4.69, 9.17) is 0 Å². The summed E-state index contributed by atoms with van der Waals surface area (Å²) in [6.07, 6.45) is 7.80. The number of hydrogen-bond donors (Lipinski definition) is 0. The molecule has 0 unspecified atom stereocenters. The van der Waals surface area contributed by atoms with Crippen molar-refractivity contribution >= 4 is 0 Å². The highest BCUT2D eigenvalue weighted by molar-refractivity contribution is 5.28. The maximum atomic E-state index is 12.4. The smallest absolute Gasteiger partial charge is 0.171 e. The second-order valence-corrected chi connectivity index (χ2v) is 9.04. The van der Waals surface area contributed by atoms with Crippen LogP contribution >= 0.6 is 0 Å². The first-order chi connectivity index (χ1) is 12.9. The maximum absolute atomic E-state index is 12.4. The fourth-order valence-electron chi connectivity index (χ4n) is 5.39. The Balaban J connectivity index is 1.46. The van der Waals surface area contributed by atoms with Crippen LogP contribution in [0, 0.1) is 11.8 Å². The Bertz CT molecular complexity index is 544. The average molecular weight is 381 g/mol. The first-order valence-corrected chi connectivity index (χ1v) is 11.1. The van der Waals surface area contributed by atoms with Gasteiger partial charge in [-0.3, -0.25) is 0 Å². The van der Waals surface area contributed by atoms with Crippen LogP contribution in [-0.2, 0) is 0 Å². The molecule has 27 heavy (non-hydrogen) atoms. The Morgan fingerprint density at radius 2 is 1.11 bits per heavy atom. The van der Waals surface area contributed by atoms with Gasteiger partial charge in [0.25, 0.3) is 0 Å². The van der Waals surface area contributed by atoms with Crippen molar-refractivity contribution in [3.63, 3.8) is 0 Å². The summed E-state index contributed by atoms with van der Waals surface area (Å²) in [4.78, 5) is 0. The molecule has 0 nitrogen and oxygen atoms in total. The van der Waals surface area contributed by atoms with E-state index in [0.29, 0.717) is 12.3 Å². The van der Waals surface area contributed by atoms with E-state index in [1.165, 1.54) is 49.7 Å². The lowest BCUT2D eigenvalue weighted by Gasteiger charge is -2.30. The molecule has 3 heteroatoms. The van der Waals surface area contributed by atoms with Gasteiger partial charge in [0.15, 0.2) is 0 Å². The van der Waals surface area contributed by atoms with Crippen LogP contribution in [0.3, 0.4) is 0 Å². The van der Waals surface area contributed by atoms with Crippen molar-refractivity contribution in [2.45, 2.75) is 102 Å². The molecule has 2 aliphatic rings. The standard InChI is InChI=1S/C24H35F3/c1-2-3-18-4-8-20(9-5-18)22-12-14-23(15-13-22)21-10-6-19(7-11-21)16-17-24(25,26)27/h12-15,18-21H,2-11,16-17H2,1H3. The molecule has 0 saturated heterocycles. The lowest BCUT2D eigenvalue weighted by atomic mass is 9.75. The minimum Gasteiger partial charge on any atom is -0.171 e. The van der Waals surface area contributed by atoms with Crippen LogP contribution in [0.2, 0.25) is 0 Å². The zero-order chi connectivity index (χ0) is 19.3. The Hall–Kier alpha value is -0.990. The monoisotopic (exact) mass is 380 g/mol. The topological polar surface area (TPSA) is 0 Å². The fraction of sp³-hybridized carbons (Fsp3) is 0.750. The van der Waals surface area contributed by atoms with Crippen molar-refractivity contribution in [1.29, 1.82) is 0 Å². The molecule has 0 aromatic heterocycles. The molecule has 2 saturated carbocycles. The Kier molecular flexibility index (Phi) is 7.28. The summed E-state index contributed by atoms with van der Waals surface area (Å²) in [6.45, 7) is 2.29. The summed E-state index contributed by atoms with van der Waals surface area (Å²) in [7, 11) is 0. The quantitative estimate of drug-likeness (QED) is 0.465. The van der Waals surface area contributed by atoms with Crippen molar-refractivity contribution < 1.29 is 13.2 Å². The van der Waals surface area contributed by atoms with Gasteiger partial charge >= 0.3 is 6.18 Å². The van der Waals surface area contributed by atoms with E-state index >= 15 is 0 Å². The summed E-state index contributed by atoms with van der Waals surface area (Å²) < 4.78 is 37.2. The van der Waals surface area contributed by atoms with Crippen LogP contribution in [-0.4, -0.2) is 6.18 Å². The van der Waals surface area contributed by atoms with Gasteiger partial charge in [0.05, 0.1) is 0 Å². The van der Waals surface area contributed by atoms with Crippen LogP contribution < -0.4 is 0 Å². The van der Waals surface area contributed by atoms with Crippen molar-refractivity contribution in [1.82, 2.24) is 0 Å². The zero-order valence-electron chi connectivity index (χ0n) is 16.7. The molecule has 0 bridgehead atoms. The molecule has 152 valence electrons. The lowest BCUT2D eigenvalue weighted by molar-refractivity contribution is -0.138. The van der Waals surface area contributed by atoms with E-state index in [1.807, 2.05) is 0 Å². The minimum atomic E-state index is -4.00. The first kappa shape index (κ1) is 20.7. The van der Waals surface area contributed by atoms with E-state index in [0.717, 1.165) is 37.5 Å². The number of benzene rings is 1. The summed E-state index contributed by atoms with van der Waals surface area (Å²) in [5.74, 6) is 2.48. The predicted octanol–water partition coefficient (Wildman–Crippen LogP) is 8.38. The summed E-state index contributed by atoms with van der Waals surface area (Å²) in [6, 6.07) is 9.26. The Labute approximate surface area is 162 Å². The highest BCUT2D eigenvalue weighted by Crippen LogP contribution is 2.41. The number of hydrogen-bond acceptors (Lipinski definition) is 0. The zero-order valence-corrected chi connectivity index (χ0v) is 16.7. The van der Waals surface area contributed by atoms with Crippen LogP contribution in [0.25, 0.3) is 0 Å². The van der Waals surface area contributed by atoms with Gasteiger partial charge in [-0.25, -0.2) is 0 Å². The molecule has 2 aliphatic carbocycles. The van der Waals surface area contributed by atoms with Crippen molar-refractivity contribution in [2.24, 2.45) is 11.8 Å². The van der Waals surface area contributed by atoms with Crippen molar-refractivity contribution in [2.75, 3.05) is 0 Å². The second kappa shape index (κ2) is 9.47. The van der Waals surface area contributed by atoms with Gasteiger partial charge in [-0.2, -0.15) is 13.2 Å². The molecule has 0 heterocycles. The van der Waals surface area contributed by atoms with Crippen molar-refractivity contribution in [3.05, 3.63) is 35.4 Å². The van der Waals surface area contributed by atoms with Gasteiger partial charge in [-0.15, -0.1) is 0 Å². The normalized spacial score (nSPS) is 29.6. The van der Waals surface area contributed by atoms with Gasteiger partial charge in [-0.1, -0.05) is 44.0 Å². The number of rotatable bonds is 6. The van der Waals surface area contributed by atoms with E-state index in [-0.39, 0.29) is 5.92 Å². The van der Waals surface area contributed by atoms with Crippen LogP contribution in [0.15, 0.2) is 24.3 Å². The second-order valence-electron chi connectivity index (χ2n) is 9.04. The van der Waals surface area contributed by atoms with E-state index in [1.54, 1.807) is 0 Å². The minimum absolute atomic E-state index is 0.264. The SMILES string of the molecule is CCCC1CCC(c2ccc(C3CCC(CCC(F)(F)F)CC3)cc2)CC1. The Morgan fingerprint density at radius 1 is 0.704 bits per heavy atom. The number of halogens is 3. The molecule has 0 N–H and O–H groups in total. The van der Waals surface area contributed by atoms with Gasteiger partial charge in [0.1, 0.15) is 0 Å². The molecule has 0 atom stereocenters. The third kappa shape index (κ3) is 6.26. The Morgan fingerprint density at radius 3 is 1.48 bits per heavy atom. The van der Waals surface area contributed by atoms with E-state index in [9.17, 15) is 13.2 Å². The van der Waals surface area contributed by atoms with Gasteiger partial charge in [0.2, 0.25) is 0 Å². The average Bonchev–Trinajstić information content (AvgIpc) is 2.67. The lowest BCUT2D eigenvalue weighted by Crippen LogP contribution is -2.17. The maximum Gasteiger partial charge on any atom is 0.389 e. The molecule has 0 amide bonds. The number of alkyl halides is 3. The molecule has 0 spiro atoms. The predicted molar refractivity (Wildman–Crippen MR) is 106 cm³/mol. The van der Waals surface area contributed by atoms with Gasteiger partial charge in [-0.05, 0) is 92.6 Å².